The average Bonchev–Trinajstić information content (AvgIpc) is 3.32. The van der Waals surface area contributed by atoms with Crippen molar-refractivity contribution in [1.29, 1.82) is 0 Å². The van der Waals surface area contributed by atoms with E-state index < -0.39 is 0 Å². The second-order valence-electron chi connectivity index (χ2n) is 6.55. The lowest BCUT2D eigenvalue weighted by molar-refractivity contribution is -0.121. The van der Waals surface area contributed by atoms with Crippen LogP contribution in [0.3, 0.4) is 0 Å². The van der Waals surface area contributed by atoms with Gasteiger partial charge in [0.15, 0.2) is 5.13 Å². The highest BCUT2D eigenvalue weighted by Gasteiger charge is 2.22. The number of hydrogen-bond donors (Lipinski definition) is 2. The molecule has 1 aliphatic rings. The number of aromatic nitrogens is 2. The van der Waals surface area contributed by atoms with Gasteiger partial charge in [-0.15, -0.1) is 11.3 Å². The maximum Gasteiger partial charge on any atom is 0.224 e. The third-order valence-electron chi connectivity index (χ3n) is 4.88. The maximum atomic E-state index is 12.5. The van der Waals surface area contributed by atoms with Gasteiger partial charge in [-0.2, -0.15) is 0 Å². The molecule has 4 rings (SSSR count). The number of aromatic amines is 1. The fraction of sp³-hybridized carbons (Fsp3) is 0.368. The summed E-state index contributed by atoms with van der Waals surface area (Å²) in [6.45, 7) is 1.87. The quantitative estimate of drug-likeness (QED) is 0.724. The Morgan fingerprint density at radius 1 is 1.42 bits per heavy atom. The summed E-state index contributed by atoms with van der Waals surface area (Å²) in [4.78, 5) is 22.4. The van der Waals surface area contributed by atoms with Crippen LogP contribution in [0.25, 0.3) is 10.9 Å². The molecule has 7 heteroatoms. The number of thiazole rings is 1. The second kappa shape index (κ2) is 7.37. The van der Waals surface area contributed by atoms with Gasteiger partial charge in [0.05, 0.1) is 13.5 Å². The van der Waals surface area contributed by atoms with Gasteiger partial charge in [0.2, 0.25) is 5.91 Å². The largest absolute Gasteiger partial charge is 0.497 e. The molecule has 3 aromatic rings. The topological polar surface area (TPSA) is 70.2 Å². The number of amides is 1. The van der Waals surface area contributed by atoms with Gasteiger partial charge in [-0.3, -0.25) is 4.79 Å². The average molecular weight is 370 g/mol. The molecule has 0 radical (unpaired) electrons. The number of carbonyl (C=O) groups excluding carboxylic acids is 1. The Balaban J connectivity index is 1.35. The molecule has 6 nitrogen and oxygen atoms in total. The lowest BCUT2D eigenvalue weighted by Crippen LogP contribution is -2.45. The summed E-state index contributed by atoms with van der Waals surface area (Å²) < 4.78 is 5.29. The van der Waals surface area contributed by atoms with E-state index in [1.54, 1.807) is 18.4 Å². The van der Waals surface area contributed by atoms with Crippen LogP contribution in [0.1, 0.15) is 18.4 Å². The molecule has 136 valence electrons. The van der Waals surface area contributed by atoms with Gasteiger partial charge in [-0.1, -0.05) is 0 Å². The van der Waals surface area contributed by atoms with E-state index in [4.69, 9.17) is 4.74 Å². The number of anilines is 1. The van der Waals surface area contributed by atoms with Crippen LogP contribution in [0.5, 0.6) is 5.75 Å². The molecule has 0 aliphatic carbocycles. The summed E-state index contributed by atoms with van der Waals surface area (Å²) in [6.07, 6.45) is 6.03. The first-order valence-corrected chi connectivity index (χ1v) is 9.68. The molecule has 2 aromatic heterocycles. The van der Waals surface area contributed by atoms with Crippen molar-refractivity contribution in [2.45, 2.75) is 25.3 Å². The SMILES string of the molecule is COc1ccc2[nH]cc(CC(=O)NC3CCN(c4nccs4)CC3)c2c1. The fourth-order valence-corrected chi connectivity index (χ4v) is 4.17. The zero-order valence-corrected chi connectivity index (χ0v) is 15.5. The Kier molecular flexibility index (Phi) is 4.79. The van der Waals surface area contributed by atoms with Crippen molar-refractivity contribution in [1.82, 2.24) is 15.3 Å². The molecule has 1 fully saturated rings. The normalized spacial score (nSPS) is 15.3. The van der Waals surface area contributed by atoms with Gasteiger partial charge in [-0.25, -0.2) is 4.98 Å². The minimum atomic E-state index is 0.0708. The van der Waals surface area contributed by atoms with Gasteiger partial charge in [0.25, 0.3) is 0 Å². The molecule has 0 spiro atoms. The first-order valence-electron chi connectivity index (χ1n) is 8.81. The van der Waals surface area contributed by atoms with Crippen LogP contribution in [0.15, 0.2) is 36.0 Å². The van der Waals surface area contributed by atoms with Crippen LogP contribution < -0.4 is 15.0 Å². The van der Waals surface area contributed by atoms with Crippen LogP contribution >= 0.6 is 11.3 Å². The summed E-state index contributed by atoms with van der Waals surface area (Å²) in [5.41, 5.74) is 2.02. The van der Waals surface area contributed by atoms with Crippen LogP contribution in [0.4, 0.5) is 5.13 Å². The van der Waals surface area contributed by atoms with E-state index in [0.717, 1.165) is 53.3 Å². The summed E-state index contributed by atoms with van der Waals surface area (Å²) >= 11 is 1.67. The molecule has 26 heavy (non-hydrogen) atoms. The predicted molar refractivity (Wildman–Crippen MR) is 104 cm³/mol. The van der Waals surface area contributed by atoms with E-state index in [1.165, 1.54) is 0 Å². The Labute approximate surface area is 156 Å². The highest BCUT2D eigenvalue weighted by atomic mass is 32.1. The summed E-state index contributed by atoms with van der Waals surface area (Å²) in [5.74, 6) is 0.870. The molecule has 0 bridgehead atoms. The summed E-state index contributed by atoms with van der Waals surface area (Å²) in [7, 11) is 1.65. The monoisotopic (exact) mass is 370 g/mol. The molecule has 3 heterocycles. The first kappa shape index (κ1) is 16.9. The van der Waals surface area contributed by atoms with Crippen molar-refractivity contribution >= 4 is 33.3 Å². The number of hydrogen-bond acceptors (Lipinski definition) is 5. The molecular weight excluding hydrogens is 348 g/mol. The van der Waals surface area contributed by atoms with Gasteiger partial charge < -0.3 is 19.9 Å². The Morgan fingerprint density at radius 2 is 2.27 bits per heavy atom. The third kappa shape index (κ3) is 3.53. The van der Waals surface area contributed by atoms with E-state index in [-0.39, 0.29) is 11.9 Å². The number of piperidine rings is 1. The number of fused-ring (bicyclic) bond motifs is 1. The van der Waals surface area contributed by atoms with Crippen LogP contribution in [-0.2, 0) is 11.2 Å². The number of nitrogens with one attached hydrogen (secondary N) is 2. The van der Waals surface area contributed by atoms with Gasteiger partial charge in [0.1, 0.15) is 5.75 Å². The molecular formula is C19H22N4O2S. The molecule has 0 atom stereocenters. The number of carbonyl (C=O) groups is 1. The minimum absolute atomic E-state index is 0.0708. The number of H-pyrrole nitrogens is 1. The van der Waals surface area contributed by atoms with Crippen molar-refractivity contribution in [3.63, 3.8) is 0 Å². The molecule has 1 aliphatic heterocycles. The van der Waals surface area contributed by atoms with E-state index in [0.29, 0.717) is 6.42 Å². The van der Waals surface area contributed by atoms with Crippen molar-refractivity contribution in [2.24, 2.45) is 0 Å². The molecule has 1 amide bonds. The molecule has 0 saturated carbocycles. The number of methoxy groups -OCH3 is 1. The zero-order valence-electron chi connectivity index (χ0n) is 14.7. The van der Waals surface area contributed by atoms with Crippen LogP contribution in [0, 0.1) is 0 Å². The third-order valence-corrected chi connectivity index (χ3v) is 5.71. The van der Waals surface area contributed by atoms with E-state index in [1.807, 2.05) is 36.0 Å². The number of ether oxygens (including phenoxy) is 1. The standard InChI is InChI=1S/C19H22N4O2S/c1-25-15-2-3-17-16(11-15)13(12-21-17)10-18(24)22-14-4-7-23(8-5-14)19-20-6-9-26-19/h2-3,6,9,11-12,14,21H,4-5,7-8,10H2,1H3,(H,22,24). The highest BCUT2D eigenvalue weighted by Crippen LogP contribution is 2.25. The first-order chi connectivity index (χ1) is 12.7. The molecule has 0 unspecified atom stereocenters. The Hall–Kier alpha value is -2.54. The summed E-state index contributed by atoms with van der Waals surface area (Å²) in [5, 5.41) is 7.30. The smallest absolute Gasteiger partial charge is 0.224 e. The van der Waals surface area contributed by atoms with Crippen molar-refractivity contribution < 1.29 is 9.53 Å². The van der Waals surface area contributed by atoms with Crippen molar-refractivity contribution in [3.8, 4) is 5.75 Å². The highest BCUT2D eigenvalue weighted by molar-refractivity contribution is 7.13. The molecule has 1 saturated heterocycles. The Morgan fingerprint density at radius 3 is 3.00 bits per heavy atom. The Bertz CT molecular complexity index is 882. The fourth-order valence-electron chi connectivity index (χ4n) is 3.47. The van der Waals surface area contributed by atoms with Crippen LogP contribution in [-0.4, -0.2) is 42.1 Å². The minimum Gasteiger partial charge on any atom is -0.497 e. The van der Waals surface area contributed by atoms with Crippen molar-refractivity contribution in [3.05, 3.63) is 41.5 Å². The van der Waals surface area contributed by atoms with Gasteiger partial charge in [-0.05, 0) is 36.6 Å². The van der Waals surface area contributed by atoms with E-state index in [2.05, 4.69) is 20.2 Å². The van der Waals surface area contributed by atoms with Gasteiger partial charge in [0, 0.05) is 47.8 Å². The van der Waals surface area contributed by atoms with Crippen LogP contribution in [0.2, 0.25) is 0 Å². The lowest BCUT2D eigenvalue weighted by Gasteiger charge is -2.32. The number of rotatable bonds is 5. The maximum absolute atomic E-state index is 12.5. The predicted octanol–water partition coefficient (Wildman–Crippen LogP) is 2.96. The zero-order chi connectivity index (χ0) is 17.9. The van der Waals surface area contributed by atoms with E-state index in [9.17, 15) is 4.79 Å². The molecule has 2 N–H and O–H groups in total. The number of benzene rings is 1. The second-order valence-corrected chi connectivity index (χ2v) is 7.42. The molecule has 1 aromatic carbocycles. The summed E-state index contributed by atoms with van der Waals surface area (Å²) in [6, 6.07) is 6.10. The van der Waals surface area contributed by atoms with E-state index >= 15 is 0 Å². The van der Waals surface area contributed by atoms with Crippen molar-refractivity contribution in [2.75, 3.05) is 25.1 Å². The number of nitrogens with zero attached hydrogens (tertiary/aromatic N) is 2. The lowest BCUT2D eigenvalue weighted by atomic mass is 10.0. The van der Waals surface area contributed by atoms with Gasteiger partial charge >= 0.3 is 0 Å².